The van der Waals surface area contributed by atoms with Crippen LogP contribution >= 0.6 is 0 Å². The quantitative estimate of drug-likeness (QED) is 0.651. The van der Waals surface area contributed by atoms with E-state index >= 15 is 0 Å². The van der Waals surface area contributed by atoms with E-state index in [4.69, 9.17) is 0 Å². The summed E-state index contributed by atoms with van der Waals surface area (Å²) in [6, 6.07) is 3.11. The van der Waals surface area contributed by atoms with E-state index < -0.39 is 17.6 Å². The summed E-state index contributed by atoms with van der Waals surface area (Å²) in [5.41, 5.74) is 0.273. The number of carbonyl (C=O) groups excluding carboxylic acids is 3. The standard InChI is InChI=1S/C10H10N2O3/c1-7(13)9(14)12(2)10(15)8-4-3-5-11-6-8/h3-6H,1-2H3. The largest absolute Gasteiger partial charge is 0.296 e. The molecule has 1 aromatic heterocycles. The molecule has 2 amide bonds. The van der Waals surface area contributed by atoms with Crippen molar-refractivity contribution in [3.05, 3.63) is 30.1 Å². The number of Topliss-reactive ketones (excluding diaryl/α,β-unsaturated/α-hetero) is 1. The number of carbonyl (C=O) groups is 3. The molecule has 0 aliphatic rings. The van der Waals surface area contributed by atoms with Crippen molar-refractivity contribution in [3.8, 4) is 0 Å². The lowest BCUT2D eigenvalue weighted by molar-refractivity contribution is -0.141. The number of hydrogen-bond acceptors (Lipinski definition) is 4. The highest BCUT2D eigenvalue weighted by Gasteiger charge is 2.21. The summed E-state index contributed by atoms with van der Waals surface area (Å²) >= 11 is 0. The third-order valence-corrected chi connectivity index (χ3v) is 1.82. The minimum atomic E-state index is -0.830. The van der Waals surface area contributed by atoms with Gasteiger partial charge in [0.15, 0.2) is 0 Å². The Morgan fingerprint density at radius 1 is 1.33 bits per heavy atom. The van der Waals surface area contributed by atoms with Gasteiger partial charge in [0.05, 0.1) is 5.56 Å². The summed E-state index contributed by atoms with van der Waals surface area (Å²) in [7, 11) is 1.26. The van der Waals surface area contributed by atoms with Gasteiger partial charge in [-0.2, -0.15) is 0 Å². The second-order valence-electron chi connectivity index (χ2n) is 2.97. The molecule has 0 aliphatic carbocycles. The molecule has 0 saturated heterocycles. The normalized spacial score (nSPS) is 9.47. The number of likely N-dealkylation sites (N-methyl/N-ethyl adjacent to an activating group) is 1. The molecule has 0 saturated carbocycles. The summed E-state index contributed by atoms with van der Waals surface area (Å²) in [6.45, 7) is 1.12. The van der Waals surface area contributed by atoms with E-state index in [9.17, 15) is 14.4 Å². The molecule has 0 N–H and O–H groups in total. The average Bonchev–Trinajstić information content (AvgIpc) is 2.27. The van der Waals surface area contributed by atoms with Crippen LogP contribution in [0.1, 0.15) is 17.3 Å². The fourth-order valence-electron chi connectivity index (χ4n) is 1.01. The summed E-state index contributed by atoms with van der Waals surface area (Å²) in [4.78, 5) is 38.1. The Balaban J connectivity index is 2.87. The van der Waals surface area contributed by atoms with Crippen molar-refractivity contribution in [1.82, 2.24) is 9.88 Å². The SMILES string of the molecule is CC(=O)C(=O)N(C)C(=O)c1cccnc1. The molecule has 0 fully saturated rings. The molecule has 1 aromatic rings. The maximum absolute atomic E-state index is 11.6. The van der Waals surface area contributed by atoms with E-state index in [1.807, 2.05) is 0 Å². The van der Waals surface area contributed by atoms with Crippen LogP contribution in [0, 0.1) is 0 Å². The summed E-state index contributed by atoms with van der Waals surface area (Å²) in [5.74, 6) is -2.04. The van der Waals surface area contributed by atoms with Crippen LogP contribution in [-0.4, -0.2) is 34.5 Å². The molecule has 5 heteroatoms. The summed E-state index contributed by atoms with van der Waals surface area (Å²) in [6.07, 6.45) is 2.86. The number of pyridine rings is 1. The van der Waals surface area contributed by atoms with E-state index in [2.05, 4.69) is 4.98 Å². The predicted molar refractivity (Wildman–Crippen MR) is 52.0 cm³/mol. The van der Waals surface area contributed by atoms with Crippen LogP contribution in [0.4, 0.5) is 0 Å². The third kappa shape index (κ3) is 2.46. The Hall–Kier alpha value is -2.04. The van der Waals surface area contributed by atoms with Crippen molar-refractivity contribution >= 4 is 17.6 Å². The number of nitrogens with zero attached hydrogens (tertiary/aromatic N) is 2. The molecule has 0 spiro atoms. The van der Waals surface area contributed by atoms with Crippen LogP contribution in [0.15, 0.2) is 24.5 Å². The molecular weight excluding hydrogens is 196 g/mol. The van der Waals surface area contributed by atoms with E-state index in [1.165, 1.54) is 25.5 Å². The zero-order valence-electron chi connectivity index (χ0n) is 8.43. The van der Waals surface area contributed by atoms with Gasteiger partial charge in [-0.25, -0.2) is 0 Å². The van der Waals surface area contributed by atoms with Gasteiger partial charge >= 0.3 is 0 Å². The second-order valence-corrected chi connectivity index (χ2v) is 2.97. The van der Waals surface area contributed by atoms with Crippen molar-refractivity contribution < 1.29 is 14.4 Å². The van der Waals surface area contributed by atoms with E-state index in [0.29, 0.717) is 0 Å². The molecule has 0 aliphatic heterocycles. The van der Waals surface area contributed by atoms with Gasteiger partial charge in [-0.3, -0.25) is 24.3 Å². The topological polar surface area (TPSA) is 67.3 Å². The van der Waals surface area contributed by atoms with Gasteiger partial charge in [-0.05, 0) is 12.1 Å². The molecule has 15 heavy (non-hydrogen) atoms. The molecule has 0 unspecified atom stereocenters. The zero-order valence-corrected chi connectivity index (χ0v) is 8.43. The zero-order chi connectivity index (χ0) is 11.4. The van der Waals surface area contributed by atoms with Gasteiger partial charge in [0.25, 0.3) is 11.8 Å². The first-order chi connectivity index (χ1) is 7.04. The van der Waals surface area contributed by atoms with Crippen LogP contribution < -0.4 is 0 Å². The van der Waals surface area contributed by atoms with Crippen molar-refractivity contribution in [3.63, 3.8) is 0 Å². The Labute approximate surface area is 86.7 Å². The lowest BCUT2D eigenvalue weighted by atomic mass is 10.2. The number of imide groups is 1. The first kappa shape index (κ1) is 11.0. The van der Waals surface area contributed by atoms with Crippen LogP contribution in [0.5, 0.6) is 0 Å². The summed E-state index contributed by atoms with van der Waals surface area (Å²) in [5, 5.41) is 0. The van der Waals surface area contributed by atoms with Crippen molar-refractivity contribution in [2.45, 2.75) is 6.92 Å². The fraction of sp³-hybridized carbons (Fsp3) is 0.200. The highest BCUT2D eigenvalue weighted by atomic mass is 16.2. The maximum Gasteiger partial charge on any atom is 0.296 e. The van der Waals surface area contributed by atoms with Gasteiger partial charge < -0.3 is 0 Å². The first-order valence-electron chi connectivity index (χ1n) is 4.27. The lowest BCUT2D eigenvalue weighted by Gasteiger charge is -2.12. The molecular formula is C10H10N2O3. The molecule has 0 bridgehead atoms. The second kappa shape index (κ2) is 4.45. The smallest absolute Gasteiger partial charge is 0.289 e. The number of rotatable bonds is 2. The van der Waals surface area contributed by atoms with E-state index in [0.717, 1.165) is 11.8 Å². The predicted octanol–water partition coefficient (Wildman–Crippen LogP) is 0.269. The first-order valence-corrected chi connectivity index (χ1v) is 4.27. The molecule has 1 heterocycles. The van der Waals surface area contributed by atoms with Gasteiger partial charge in [0, 0.05) is 26.4 Å². The molecule has 78 valence electrons. The van der Waals surface area contributed by atoms with Crippen LogP contribution in [0.3, 0.4) is 0 Å². The highest BCUT2D eigenvalue weighted by molar-refractivity contribution is 6.38. The minimum Gasteiger partial charge on any atom is -0.289 e. The van der Waals surface area contributed by atoms with Gasteiger partial charge in [0.2, 0.25) is 5.78 Å². The van der Waals surface area contributed by atoms with Crippen molar-refractivity contribution in [1.29, 1.82) is 0 Å². The maximum atomic E-state index is 11.6. The Kier molecular flexibility index (Phi) is 3.28. The molecule has 0 atom stereocenters. The molecule has 1 rings (SSSR count). The fourth-order valence-corrected chi connectivity index (χ4v) is 1.01. The molecule has 5 nitrogen and oxygen atoms in total. The minimum absolute atomic E-state index is 0.273. The average molecular weight is 206 g/mol. The Bertz CT molecular complexity index is 400. The van der Waals surface area contributed by atoms with E-state index in [1.54, 1.807) is 6.07 Å². The van der Waals surface area contributed by atoms with E-state index in [-0.39, 0.29) is 5.56 Å². The number of ketones is 1. The third-order valence-electron chi connectivity index (χ3n) is 1.82. The summed E-state index contributed by atoms with van der Waals surface area (Å²) < 4.78 is 0. The molecule has 0 aromatic carbocycles. The number of amides is 2. The van der Waals surface area contributed by atoms with Crippen molar-refractivity contribution in [2.24, 2.45) is 0 Å². The van der Waals surface area contributed by atoms with Gasteiger partial charge in [0.1, 0.15) is 0 Å². The Morgan fingerprint density at radius 3 is 2.47 bits per heavy atom. The molecule has 0 radical (unpaired) electrons. The Morgan fingerprint density at radius 2 is 2.00 bits per heavy atom. The van der Waals surface area contributed by atoms with Crippen molar-refractivity contribution in [2.75, 3.05) is 7.05 Å². The van der Waals surface area contributed by atoms with Gasteiger partial charge in [-0.1, -0.05) is 0 Å². The monoisotopic (exact) mass is 206 g/mol. The van der Waals surface area contributed by atoms with Gasteiger partial charge in [-0.15, -0.1) is 0 Å². The number of aromatic nitrogens is 1. The van der Waals surface area contributed by atoms with Crippen LogP contribution in [0.25, 0.3) is 0 Å². The lowest BCUT2D eigenvalue weighted by Crippen LogP contribution is -2.37. The van der Waals surface area contributed by atoms with Crippen LogP contribution in [0.2, 0.25) is 0 Å². The highest BCUT2D eigenvalue weighted by Crippen LogP contribution is 2.01. The van der Waals surface area contributed by atoms with Crippen LogP contribution in [-0.2, 0) is 9.59 Å². The number of hydrogen-bond donors (Lipinski definition) is 0.